The van der Waals surface area contributed by atoms with Gasteiger partial charge in [-0.25, -0.2) is 0 Å². The number of methoxy groups -OCH3 is 1. The lowest BCUT2D eigenvalue weighted by Gasteiger charge is -2.46. The third kappa shape index (κ3) is 8.28. The second kappa shape index (κ2) is 14.1. The van der Waals surface area contributed by atoms with E-state index in [0.717, 1.165) is 44.8 Å². The average Bonchev–Trinajstić information content (AvgIpc) is 2.77. The molecule has 1 aliphatic rings. The van der Waals surface area contributed by atoms with Crippen molar-refractivity contribution < 1.29 is 24.2 Å². The number of ether oxygens (including phenoxy) is 1. The van der Waals surface area contributed by atoms with Gasteiger partial charge >= 0.3 is 5.97 Å². The molecule has 1 aliphatic carbocycles. The zero-order valence-corrected chi connectivity index (χ0v) is 21.4. The molecule has 0 saturated heterocycles. The van der Waals surface area contributed by atoms with E-state index in [1.54, 1.807) is 0 Å². The maximum atomic E-state index is 13.1. The lowest BCUT2D eigenvalue weighted by molar-refractivity contribution is -0.142. The number of ketones is 1. The summed E-state index contributed by atoms with van der Waals surface area (Å²) in [6.45, 7) is 10.9. The highest BCUT2D eigenvalue weighted by molar-refractivity contribution is 5.86. The van der Waals surface area contributed by atoms with Crippen molar-refractivity contribution >= 4 is 18.0 Å². The molecule has 0 aromatic carbocycles. The van der Waals surface area contributed by atoms with Gasteiger partial charge in [-0.05, 0) is 55.3 Å². The van der Waals surface area contributed by atoms with Crippen LogP contribution in [-0.4, -0.2) is 36.4 Å². The zero-order valence-electron chi connectivity index (χ0n) is 21.4. The summed E-state index contributed by atoms with van der Waals surface area (Å²) in [6.07, 6.45) is 9.06. The third-order valence-electron chi connectivity index (χ3n) is 8.44. The molecule has 3 unspecified atom stereocenters. The molecule has 0 heterocycles. The van der Waals surface area contributed by atoms with Crippen molar-refractivity contribution in [2.75, 3.05) is 7.11 Å². The van der Waals surface area contributed by atoms with Crippen LogP contribution in [0.3, 0.4) is 0 Å². The Morgan fingerprint density at radius 2 is 1.78 bits per heavy atom. The normalized spacial score (nSPS) is 26.1. The summed E-state index contributed by atoms with van der Waals surface area (Å²) in [5.74, 6) is 1.63. The number of hydrogen-bond donors (Lipinski definition) is 1. The summed E-state index contributed by atoms with van der Waals surface area (Å²) < 4.78 is 4.76. The lowest BCUT2D eigenvalue weighted by atomic mass is 9.58. The fraction of sp³-hybridized carbons (Fsp3) is 0.889. The smallest absolute Gasteiger partial charge is 0.305 e. The predicted molar refractivity (Wildman–Crippen MR) is 128 cm³/mol. The maximum absolute atomic E-state index is 13.1. The van der Waals surface area contributed by atoms with E-state index in [9.17, 15) is 19.5 Å². The monoisotopic (exact) mass is 452 g/mol. The molecular formula is C27H48O5. The summed E-state index contributed by atoms with van der Waals surface area (Å²) in [6, 6.07) is 0. The first-order valence-corrected chi connectivity index (χ1v) is 12.8. The summed E-state index contributed by atoms with van der Waals surface area (Å²) in [5.41, 5.74) is -0.449. The van der Waals surface area contributed by atoms with Gasteiger partial charge in [-0.15, -0.1) is 0 Å². The van der Waals surface area contributed by atoms with Crippen LogP contribution in [0.15, 0.2) is 0 Å². The van der Waals surface area contributed by atoms with E-state index in [0.29, 0.717) is 43.4 Å². The molecule has 0 amide bonds. The molecule has 0 spiro atoms. The Bertz CT molecular complexity index is 589. The molecule has 0 bridgehead atoms. The van der Waals surface area contributed by atoms with E-state index >= 15 is 0 Å². The van der Waals surface area contributed by atoms with Gasteiger partial charge in [-0.3, -0.25) is 9.59 Å². The van der Waals surface area contributed by atoms with Crippen molar-refractivity contribution in [3.05, 3.63) is 0 Å². The van der Waals surface area contributed by atoms with Crippen LogP contribution in [0.5, 0.6) is 0 Å². The van der Waals surface area contributed by atoms with Crippen LogP contribution in [-0.2, 0) is 19.1 Å². The highest BCUT2D eigenvalue weighted by Gasteiger charge is 2.47. The third-order valence-corrected chi connectivity index (χ3v) is 8.44. The van der Waals surface area contributed by atoms with Crippen LogP contribution in [0.1, 0.15) is 105 Å². The molecule has 1 fully saturated rings. The Morgan fingerprint density at radius 3 is 2.34 bits per heavy atom. The van der Waals surface area contributed by atoms with Crippen molar-refractivity contribution in [2.24, 2.45) is 35.0 Å². The Balaban J connectivity index is 2.89. The van der Waals surface area contributed by atoms with E-state index < -0.39 is 11.5 Å². The number of esters is 1. The van der Waals surface area contributed by atoms with Crippen LogP contribution in [0.2, 0.25) is 0 Å². The molecule has 5 nitrogen and oxygen atoms in total. The molecule has 1 saturated carbocycles. The van der Waals surface area contributed by atoms with Crippen molar-refractivity contribution in [3.63, 3.8) is 0 Å². The van der Waals surface area contributed by atoms with Crippen molar-refractivity contribution in [3.8, 4) is 0 Å². The van der Waals surface area contributed by atoms with E-state index in [1.807, 2.05) is 0 Å². The largest absolute Gasteiger partial charge is 0.469 e. The number of aliphatic hydroxyl groups excluding tert-OH is 1. The quantitative estimate of drug-likeness (QED) is 0.252. The molecule has 0 aromatic heterocycles. The Hall–Kier alpha value is -1.23. The lowest BCUT2D eigenvalue weighted by Crippen LogP contribution is -2.46. The van der Waals surface area contributed by atoms with Crippen LogP contribution in [0.25, 0.3) is 0 Å². The fourth-order valence-corrected chi connectivity index (χ4v) is 5.64. The number of hydrogen-bond acceptors (Lipinski definition) is 5. The molecule has 186 valence electrons. The molecule has 0 radical (unpaired) electrons. The van der Waals surface area contributed by atoms with Gasteiger partial charge in [0.25, 0.3) is 0 Å². The molecular weight excluding hydrogens is 404 g/mol. The first kappa shape index (κ1) is 28.8. The number of rotatable bonds is 15. The minimum absolute atomic E-state index is 0.155. The number of aldehydes is 1. The zero-order chi connectivity index (χ0) is 24.3. The highest BCUT2D eigenvalue weighted by atomic mass is 16.5. The predicted octanol–water partition coefficient (Wildman–Crippen LogP) is 5.76. The topological polar surface area (TPSA) is 80.7 Å². The average molecular weight is 453 g/mol. The standard InChI is InChI=1S/C27H48O5/c1-7-8-9-24(27(5)16-14-22(29)18-25(27)30)23(15-17-28)21(4)11-10-19(2)20(3)12-13-26(31)32-6/h17,19-24,29H,7-16,18H2,1-6H3/t19-,20-,21?,22+,23?,24?,27-/m1/s1. The summed E-state index contributed by atoms with van der Waals surface area (Å²) in [5, 5.41) is 10.0. The maximum Gasteiger partial charge on any atom is 0.305 e. The second-order valence-electron chi connectivity index (χ2n) is 10.7. The second-order valence-corrected chi connectivity index (χ2v) is 10.7. The molecule has 0 aliphatic heterocycles. The van der Waals surface area contributed by atoms with Crippen molar-refractivity contribution in [2.45, 2.75) is 111 Å². The van der Waals surface area contributed by atoms with Gasteiger partial charge < -0.3 is 14.6 Å². The van der Waals surface area contributed by atoms with Gasteiger partial charge in [0, 0.05) is 24.7 Å². The number of unbranched alkanes of at least 4 members (excludes halogenated alkanes) is 1. The van der Waals surface area contributed by atoms with E-state index in [2.05, 4.69) is 34.6 Å². The van der Waals surface area contributed by atoms with Crippen LogP contribution >= 0.6 is 0 Å². The molecule has 5 heteroatoms. The Labute approximate surface area is 196 Å². The van der Waals surface area contributed by atoms with Gasteiger partial charge in [-0.1, -0.05) is 60.3 Å². The Kier molecular flexibility index (Phi) is 12.7. The highest BCUT2D eigenvalue weighted by Crippen LogP contribution is 2.48. The summed E-state index contributed by atoms with van der Waals surface area (Å²) in [4.78, 5) is 36.2. The van der Waals surface area contributed by atoms with Crippen LogP contribution in [0.4, 0.5) is 0 Å². The molecule has 7 atom stereocenters. The number of Topliss-reactive ketones (excluding diaryl/α,β-unsaturated/α-hetero) is 1. The van der Waals surface area contributed by atoms with Crippen molar-refractivity contribution in [1.82, 2.24) is 0 Å². The number of aliphatic hydroxyl groups is 1. The van der Waals surface area contributed by atoms with Gasteiger partial charge in [0.15, 0.2) is 0 Å². The van der Waals surface area contributed by atoms with Gasteiger partial charge in [0.2, 0.25) is 0 Å². The van der Waals surface area contributed by atoms with E-state index in [1.165, 1.54) is 7.11 Å². The minimum Gasteiger partial charge on any atom is -0.469 e. The molecule has 0 aromatic rings. The van der Waals surface area contributed by atoms with Crippen LogP contribution in [0, 0.1) is 35.0 Å². The van der Waals surface area contributed by atoms with Crippen molar-refractivity contribution in [1.29, 1.82) is 0 Å². The fourth-order valence-electron chi connectivity index (χ4n) is 5.64. The van der Waals surface area contributed by atoms with E-state index in [4.69, 9.17) is 4.74 Å². The first-order chi connectivity index (χ1) is 15.1. The van der Waals surface area contributed by atoms with Gasteiger partial charge in [0.1, 0.15) is 12.1 Å². The molecule has 1 N–H and O–H groups in total. The van der Waals surface area contributed by atoms with Gasteiger partial charge in [-0.2, -0.15) is 0 Å². The van der Waals surface area contributed by atoms with E-state index in [-0.39, 0.29) is 30.0 Å². The minimum atomic E-state index is -0.517. The first-order valence-electron chi connectivity index (χ1n) is 12.8. The van der Waals surface area contributed by atoms with Crippen LogP contribution < -0.4 is 0 Å². The summed E-state index contributed by atoms with van der Waals surface area (Å²) in [7, 11) is 1.43. The summed E-state index contributed by atoms with van der Waals surface area (Å²) >= 11 is 0. The van der Waals surface area contributed by atoms with Gasteiger partial charge in [0.05, 0.1) is 13.2 Å². The molecule has 1 rings (SSSR count). The number of carbonyl (C=O) groups excluding carboxylic acids is 3. The SMILES string of the molecule is CCCCC(C(CC=O)C(C)CC[C@@H](C)[C@H](C)CCC(=O)OC)[C@@]1(C)CC[C@H](O)CC1=O. The number of carbonyl (C=O) groups is 3. The molecule has 32 heavy (non-hydrogen) atoms. The Morgan fingerprint density at radius 1 is 1.16 bits per heavy atom.